The van der Waals surface area contributed by atoms with Crippen molar-refractivity contribution in [1.29, 1.82) is 0 Å². The molecule has 0 unspecified atom stereocenters. The largest absolute Gasteiger partial charge is 0.508 e. The van der Waals surface area contributed by atoms with Crippen LogP contribution in [0, 0.1) is 13.8 Å². The van der Waals surface area contributed by atoms with E-state index in [0.717, 1.165) is 17.2 Å². The monoisotopic (exact) mass is 288 g/mol. The molecule has 0 aliphatic carbocycles. The number of hydrogen-bond donors (Lipinski definition) is 3. The molecule has 0 heterocycles. The number of nitrogens with one attached hydrogen (secondary N) is 2. The third-order valence-electron chi connectivity index (χ3n) is 2.88. The molecular formula is C16H20N2O3. The Morgan fingerprint density at radius 1 is 1.24 bits per heavy atom. The van der Waals surface area contributed by atoms with Crippen LogP contribution < -0.4 is 10.6 Å². The van der Waals surface area contributed by atoms with Gasteiger partial charge in [-0.1, -0.05) is 18.7 Å². The van der Waals surface area contributed by atoms with Gasteiger partial charge in [0.05, 0.1) is 0 Å². The maximum Gasteiger partial charge on any atom is 0.243 e. The van der Waals surface area contributed by atoms with Gasteiger partial charge in [-0.05, 0) is 37.1 Å². The minimum atomic E-state index is -0.291. The molecule has 5 heteroatoms. The first kappa shape index (κ1) is 16.5. The van der Waals surface area contributed by atoms with Crippen LogP contribution in [0.5, 0.6) is 5.75 Å². The van der Waals surface area contributed by atoms with Crippen LogP contribution in [0.1, 0.15) is 16.7 Å². The topological polar surface area (TPSA) is 78.4 Å². The second-order valence-electron chi connectivity index (χ2n) is 4.65. The van der Waals surface area contributed by atoms with Crippen molar-refractivity contribution in [3.63, 3.8) is 0 Å². The number of phenols is 1. The van der Waals surface area contributed by atoms with E-state index in [4.69, 9.17) is 0 Å². The van der Waals surface area contributed by atoms with Crippen LogP contribution in [0.15, 0.2) is 36.9 Å². The van der Waals surface area contributed by atoms with E-state index >= 15 is 0 Å². The molecule has 0 aliphatic heterocycles. The number of amides is 2. The Labute approximate surface area is 124 Å². The number of aromatic hydroxyl groups is 1. The molecule has 0 bridgehead atoms. The zero-order valence-electron chi connectivity index (χ0n) is 12.3. The van der Waals surface area contributed by atoms with Gasteiger partial charge in [0.15, 0.2) is 0 Å². The molecule has 0 atom stereocenters. The van der Waals surface area contributed by atoms with Gasteiger partial charge in [-0.25, -0.2) is 0 Å². The molecule has 1 aromatic rings. The zero-order valence-corrected chi connectivity index (χ0v) is 12.3. The number of rotatable bonds is 6. The predicted octanol–water partition coefficient (Wildman–Crippen LogP) is 1.48. The number of benzene rings is 1. The van der Waals surface area contributed by atoms with Crippen molar-refractivity contribution < 1.29 is 14.7 Å². The average molecular weight is 288 g/mol. The normalized spacial score (nSPS) is 10.4. The van der Waals surface area contributed by atoms with Gasteiger partial charge in [0.2, 0.25) is 11.8 Å². The fourth-order valence-corrected chi connectivity index (χ4v) is 1.84. The smallest absolute Gasteiger partial charge is 0.243 e. The molecule has 0 saturated heterocycles. The number of carbonyl (C=O) groups is 2. The lowest BCUT2D eigenvalue weighted by atomic mass is 10.0. The Hall–Kier alpha value is -2.56. The fraction of sp³-hybridized carbons (Fsp3) is 0.250. The average Bonchev–Trinajstić information content (AvgIpc) is 2.42. The van der Waals surface area contributed by atoms with Gasteiger partial charge >= 0.3 is 0 Å². The molecule has 0 spiro atoms. The van der Waals surface area contributed by atoms with Gasteiger partial charge in [0.1, 0.15) is 5.75 Å². The van der Waals surface area contributed by atoms with E-state index in [2.05, 4.69) is 17.2 Å². The third kappa shape index (κ3) is 5.52. The summed E-state index contributed by atoms with van der Waals surface area (Å²) in [7, 11) is 0. The summed E-state index contributed by atoms with van der Waals surface area (Å²) in [6, 6.07) is 3.61. The maximum atomic E-state index is 11.6. The molecule has 5 nitrogen and oxygen atoms in total. The molecule has 0 fully saturated rings. The molecular weight excluding hydrogens is 268 g/mol. The summed E-state index contributed by atoms with van der Waals surface area (Å²) >= 11 is 0. The molecule has 3 N–H and O–H groups in total. The molecule has 0 aliphatic rings. The first-order chi connectivity index (χ1) is 9.93. The van der Waals surface area contributed by atoms with E-state index in [1.807, 2.05) is 19.9 Å². The summed E-state index contributed by atoms with van der Waals surface area (Å²) in [4.78, 5) is 22.5. The van der Waals surface area contributed by atoms with Crippen LogP contribution in [0.25, 0.3) is 0 Å². The summed E-state index contributed by atoms with van der Waals surface area (Å²) in [5.41, 5.74) is 2.59. The lowest BCUT2D eigenvalue weighted by Crippen LogP contribution is -2.23. The van der Waals surface area contributed by atoms with E-state index in [1.165, 1.54) is 6.08 Å². The van der Waals surface area contributed by atoms with Crippen LogP contribution in [0.2, 0.25) is 0 Å². The van der Waals surface area contributed by atoms with Crippen LogP contribution in [0.3, 0.4) is 0 Å². The van der Waals surface area contributed by atoms with Gasteiger partial charge in [0.25, 0.3) is 0 Å². The van der Waals surface area contributed by atoms with Crippen molar-refractivity contribution >= 4 is 11.8 Å². The number of hydrogen-bond acceptors (Lipinski definition) is 3. The minimum absolute atomic E-state index is 0.176. The molecule has 1 aromatic carbocycles. The molecule has 2 amide bonds. The van der Waals surface area contributed by atoms with E-state index in [-0.39, 0.29) is 30.7 Å². The summed E-state index contributed by atoms with van der Waals surface area (Å²) < 4.78 is 0. The SMILES string of the molecule is C=CC(=O)NC/C=C/C(=O)NCc1c(C)cc(C)cc1O. The van der Waals surface area contributed by atoms with Crippen LogP contribution in [0.4, 0.5) is 0 Å². The highest BCUT2D eigenvalue weighted by molar-refractivity contribution is 5.88. The number of phenolic OH excluding ortho intramolecular Hbond substituents is 1. The van der Waals surface area contributed by atoms with Gasteiger partial charge in [-0.2, -0.15) is 0 Å². The summed E-state index contributed by atoms with van der Waals surface area (Å²) in [5, 5.41) is 15.1. The van der Waals surface area contributed by atoms with E-state index in [0.29, 0.717) is 5.56 Å². The second kappa shape index (κ2) is 7.89. The van der Waals surface area contributed by atoms with Crippen molar-refractivity contribution in [2.45, 2.75) is 20.4 Å². The molecule has 0 aromatic heterocycles. The van der Waals surface area contributed by atoms with Crippen molar-refractivity contribution in [2.24, 2.45) is 0 Å². The first-order valence-electron chi connectivity index (χ1n) is 6.57. The zero-order chi connectivity index (χ0) is 15.8. The standard InChI is InChI=1S/C16H20N2O3/c1-4-15(20)17-7-5-6-16(21)18-10-13-12(3)8-11(2)9-14(13)19/h4-6,8-9,19H,1,7,10H2,2-3H3,(H,17,20)(H,18,21)/b6-5+. The van der Waals surface area contributed by atoms with Gasteiger partial charge in [-0.3, -0.25) is 9.59 Å². The Morgan fingerprint density at radius 3 is 2.57 bits per heavy atom. The Balaban J connectivity index is 2.48. The maximum absolute atomic E-state index is 11.6. The highest BCUT2D eigenvalue weighted by atomic mass is 16.3. The Kier molecular flexibility index (Phi) is 6.20. The highest BCUT2D eigenvalue weighted by Gasteiger charge is 2.06. The molecule has 0 radical (unpaired) electrons. The van der Waals surface area contributed by atoms with Crippen molar-refractivity contribution in [3.05, 3.63) is 53.6 Å². The van der Waals surface area contributed by atoms with Crippen LogP contribution in [-0.2, 0) is 16.1 Å². The Bertz CT molecular complexity index is 554. The molecule has 1 rings (SSSR count). The second-order valence-corrected chi connectivity index (χ2v) is 4.65. The van der Waals surface area contributed by atoms with E-state index in [9.17, 15) is 14.7 Å². The van der Waals surface area contributed by atoms with E-state index < -0.39 is 0 Å². The minimum Gasteiger partial charge on any atom is -0.508 e. The fourth-order valence-electron chi connectivity index (χ4n) is 1.84. The molecule has 112 valence electrons. The van der Waals surface area contributed by atoms with Gasteiger partial charge in [0, 0.05) is 24.7 Å². The molecule has 21 heavy (non-hydrogen) atoms. The van der Waals surface area contributed by atoms with Crippen LogP contribution >= 0.6 is 0 Å². The van der Waals surface area contributed by atoms with E-state index in [1.54, 1.807) is 12.1 Å². The Morgan fingerprint density at radius 2 is 1.95 bits per heavy atom. The first-order valence-corrected chi connectivity index (χ1v) is 6.57. The summed E-state index contributed by atoms with van der Waals surface area (Å²) in [5.74, 6) is -0.405. The molecule has 0 saturated carbocycles. The number of carbonyl (C=O) groups excluding carboxylic acids is 2. The van der Waals surface area contributed by atoms with Crippen molar-refractivity contribution in [1.82, 2.24) is 10.6 Å². The highest BCUT2D eigenvalue weighted by Crippen LogP contribution is 2.22. The van der Waals surface area contributed by atoms with Gasteiger partial charge < -0.3 is 15.7 Å². The van der Waals surface area contributed by atoms with Crippen molar-refractivity contribution in [2.75, 3.05) is 6.54 Å². The quantitative estimate of drug-likeness (QED) is 0.694. The third-order valence-corrected chi connectivity index (χ3v) is 2.88. The van der Waals surface area contributed by atoms with Crippen molar-refractivity contribution in [3.8, 4) is 5.75 Å². The van der Waals surface area contributed by atoms with Gasteiger partial charge in [-0.15, -0.1) is 0 Å². The predicted molar refractivity (Wildman–Crippen MR) is 81.8 cm³/mol. The lowest BCUT2D eigenvalue weighted by molar-refractivity contribution is -0.117. The summed E-state index contributed by atoms with van der Waals surface area (Å²) in [6.45, 7) is 7.61. The lowest BCUT2D eigenvalue weighted by Gasteiger charge is -2.10. The number of aryl methyl sites for hydroxylation is 2. The summed E-state index contributed by atoms with van der Waals surface area (Å²) in [6.07, 6.45) is 4.04. The van der Waals surface area contributed by atoms with Crippen LogP contribution in [-0.4, -0.2) is 23.5 Å².